The second-order valence-electron chi connectivity index (χ2n) is 11.2. The fraction of sp³-hybridized carbons (Fsp3) is 0.441. The highest BCUT2D eigenvalue weighted by Crippen LogP contribution is 2.41. The van der Waals surface area contributed by atoms with Gasteiger partial charge in [0.2, 0.25) is 5.91 Å². The lowest BCUT2D eigenvalue weighted by atomic mass is 9.71. The van der Waals surface area contributed by atoms with Crippen molar-refractivity contribution in [3.8, 4) is 11.1 Å². The molecule has 5 rings (SSSR count). The number of hydrogen-bond acceptors (Lipinski definition) is 3. The highest BCUT2D eigenvalue weighted by atomic mass is 16.5. The van der Waals surface area contributed by atoms with Crippen LogP contribution in [0.1, 0.15) is 53.9 Å². The van der Waals surface area contributed by atoms with E-state index in [1.54, 1.807) is 7.11 Å². The van der Waals surface area contributed by atoms with E-state index in [4.69, 9.17) is 4.74 Å². The largest absolute Gasteiger partial charge is 0.385 e. The number of rotatable bonds is 10. The third-order valence-corrected chi connectivity index (χ3v) is 8.66. The van der Waals surface area contributed by atoms with Crippen molar-refractivity contribution in [1.29, 1.82) is 0 Å². The molecule has 1 heterocycles. The summed E-state index contributed by atoms with van der Waals surface area (Å²) in [5.74, 6) is 0.810. The van der Waals surface area contributed by atoms with Crippen molar-refractivity contribution < 1.29 is 9.53 Å². The standard InChI is InChI=1S/C34H42N2O2/c1-24-10-7-15-30(25(24)2)23-36(31-17-18-31)34(37)32-22-35-21-29(16-9-19-38-3)33(32)28-14-8-13-27(20-28)26-11-5-4-6-12-26/h4-8,10-15,20,29,31-33,35H,9,16-19,21-23H2,1-3H3/t29?,32-,33-/m0/s1. The zero-order valence-electron chi connectivity index (χ0n) is 23.2. The van der Waals surface area contributed by atoms with Crippen LogP contribution in [0.2, 0.25) is 0 Å². The van der Waals surface area contributed by atoms with Gasteiger partial charge in [0.05, 0.1) is 5.92 Å². The summed E-state index contributed by atoms with van der Waals surface area (Å²) in [6.45, 7) is 7.48. The van der Waals surface area contributed by atoms with E-state index in [9.17, 15) is 4.79 Å². The van der Waals surface area contributed by atoms with E-state index < -0.39 is 0 Å². The summed E-state index contributed by atoms with van der Waals surface area (Å²) in [6.07, 6.45) is 4.28. The Kier molecular flexibility index (Phi) is 8.61. The van der Waals surface area contributed by atoms with Crippen LogP contribution >= 0.6 is 0 Å². The van der Waals surface area contributed by atoms with Gasteiger partial charge in [0.15, 0.2) is 0 Å². The molecule has 2 fully saturated rings. The Balaban J connectivity index is 1.47. The fourth-order valence-electron chi connectivity index (χ4n) is 6.23. The minimum Gasteiger partial charge on any atom is -0.385 e. The van der Waals surface area contributed by atoms with Crippen molar-refractivity contribution in [2.75, 3.05) is 26.8 Å². The lowest BCUT2D eigenvalue weighted by Crippen LogP contribution is -2.50. The molecule has 4 heteroatoms. The topological polar surface area (TPSA) is 41.6 Å². The van der Waals surface area contributed by atoms with E-state index in [2.05, 4.69) is 96.9 Å². The molecule has 1 aliphatic heterocycles. The third kappa shape index (κ3) is 6.03. The molecule has 0 aromatic heterocycles. The summed E-state index contributed by atoms with van der Waals surface area (Å²) in [6, 6.07) is 26.4. The molecule has 0 radical (unpaired) electrons. The van der Waals surface area contributed by atoms with Crippen LogP contribution in [0.5, 0.6) is 0 Å². The first-order valence-electron chi connectivity index (χ1n) is 14.3. The Morgan fingerprint density at radius 2 is 1.71 bits per heavy atom. The molecule has 200 valence electrons. The van der Waals surface area contributed by atoms with E-state index in [-0.39, 0.29) is 11.8 Å². The van der Waals surface area contributed by atoms with Crippen molar-refractivity contribution in [2.24, 2.45) is 11.8 Å². The number of hydrogen-bond donors (Lipinski definition) is 1. The van der Waals surface area contributed by atoms with Gasteiger partial charge in [-0.1, -0.05) is 72.8 Å². The van der Waals surface area contributed by atoms with Gasteiger partial charge in [0.25, 0.3) is 0 Å². The molecule has 1 N–H and O–H groups in total. The van der Waals surface area contributed by atoms with Crippen LogP contribution in [0.25, 0.3) is 11.1 Å². The second-order valence-corrected chi connectivity index (χ2v) is 11.2. The van der Waals surface area contributed by atoms with Gasteiger partial charge in [-0.2, -0.15) is 0 Å². The van der Waals surface area contributed by atoms with Crippen LogP contribution in [-0.4, -0.2) is 43.7 Å². The molecule has 0 spiro atoms. The number of methoxy groups -OCH3 is 1. The summed E-state index contributed by atoms with van der Waals surface area (Å²) >= 11 is 0. The lowest BCUT2D eigenvalue weighted by molar-refractivity contribution is -0.138. The van der Waals surface area contributed by atoms with Gasteiger partial charge in [-0.25, -0.2) is 0 Å². The average Bonchev–Trinajstić information content (AvgIpc) is 3.79. The SMILES string of the molecule is COCCCC1CNC[C@H](C(=O)N(Cc2cccc(C)c2C)C2CC2)[C@H]1c1cccc(-c2ccccc2)c1. The molecule has 3 aromatic carbocycles. The predicted octanol–water partition coefficient (Wildman–Crippen LogP) is 6.51. The Bertz CT molecular complexity index is 1220. The number of piperidine rings is 1. The average molecular weight is 511 g/mol. The maximum absolute atomic E-state index is 14.5. The number of carbonyl (C=O) groups excluding carboxylic acids is 1. The molecule has 4 nitrogen and oxygen atoms in total. The smallest absolute Gasteiger partial charge is 0.228 e. The van der Waals surface area contributed by atoms with Crippen LogP contribution in [0.15, 0.2) is 72.8 Å². The van der Waals surface area contributed by atoms with E-state index >= 15 is 0 Å². The number of nitrogens with zero attached hydrogens (tertiary/aromatic N) is 1. The molecular weight excluding hydrogens is 468 g/mol. The molecule has 0 bridgehead atoms. The zero-order chi connectivity index (χ0) is 26.5. The van der Waals surface area contributed by atoms with Crippen molar-refractivity contribution >= 4 is 5.91 Å². The quantitative estimate of drug-likeness (QED) is 0.316. The minimum absolute atomic E-state index is 0.0759. The van der Waals surface area contributed by atoms with Gasteiger partial charge in [0.1, 0.15) is 0 Å². The molecule has 2 aliphatic rings. The number of carbonyl (C=O) groups is 1. The first-order chi connectivity index (χ1) is 18.6. The van der Waals surface area contributed by atoms with E-state index in [1.165, 1.54) is 33.4 Å². The van der Waals surface area contributed by atoms with Crippen molar-refractivity contribution in [1.82, 2.24) is 10.2 Å². The molecule has 3 aromatic rings. The zero-order valence-corrected chi connectivity index (χ0v) is 23.2. The van der Waals surface area contributed by atoms with Crippen LogP contribution in [0.4, 0.5) is 0 Å². The normalized spacial score (nSPS) is 21.3. The summed E-state index contributed by atoms with van der Waals surface area (Å²) in [5, 5.41) is 3.65. The minimum atomic E-state index is -0.0759. The number of aryl methyl sites for hydroxylation is 1. The fourth-order valence-corrected chi connectivity index (χ4v) is 6.23. The van der Waals surface area contributed by atoms with Crippen LogP contribution < -0.4 is 5.32 Å². The first-order valence-corrected chi connectivity index (χ1v) is 14.3. The van der Waals surface area contributed by atoms with Gasteiger partial charge >= 0.3 is 0 Å². The molecule has 1 amide bonds. The van der Waals surface area contributed by atoms with Gasteiger partial charge in [-0.3, -0.25) is 4.79 Å². The maximum Gasteiger partial charge on any atom is 0.228 e. The van der Waals surface area contributed by atoms with Crippen LogP contribution in [0.3, 0.4) is 0 Å². The Morgan fingerprint density at radius 3 is 2.47 bits per heavy atom. The Morgan fingerprint density at radius 1 is 0.947 bits per heavy atom. The molecule has 3 atom stereocenters. The van der Waals surface area contributed by atoms with Crippen LogP contribution in [-0.2, 0) is 16.1 Å². The van der Waals surface area contributed by atoms with Crippen LogP contribution in [0, 0.1) is 25.7 Å². The highest BCUT2D eigenvalue weighted by molar-refractivity contribution is 5.81. The number of ether oxygens (including phenoxy) is 1. The van der Waals surface area contributed by atoms with Crippen molar-refractivity contribution in [2.45, 2.75) is 58.0 Å². The third-order valence-electron chi connectivity index (χ3n) is 8.66. The lowest BCUT2D eigenvalue weighted by Gasteiger charge is -2.41. The number of nitrogens with one attached hydrogen (secondary N) is 1. The van der Waals surface area contributed by atoms with Gasteiger partial charge in [-0.05, 0) is 85.4 Å². The van der Waals surface area contributed by atoms with E-state index in [0.717, 1.165) is 45.4 Å². The number of amides is 1. The van der Waals surface area contributed by atoms with E-state index in [1.807, 2.05) is 0 Å². The van der Waals surface area contributed by atoms with Crippen molar-refractivity contribution in [3.63, 3.8) is 0 Å². The molecule has 1 aliphatic carbocycles. The summed E-state index contributed by atoms with van der Waals surface area (Å²) in [5.41, 5.74) is 7.59. The first kappa shape index (κ1) is 26.6. The molecule has 1 unspecified atom stereocenters. The Labute approximate surface area is 228 Å². The monoisotopic (exact) mass is 510 g/mol. The molecule has 1 saturated heterocycles. The summed E-state index contributed by atoms with van der Waals surface area (Å²) in [7, 11) is 1.77. The molecular formula is C34H42N2O2. The predicted molar refractivity (Wildman–Crippen MR) is 155 cm³/mol. The summed E-state index contributed by atoms with van der Waals surface area (Å²) < 4.78 is 5.39. The molecule has 38 heavy (non-hydrogen) atoms. The van der Waals surface area contributed by atoms with E-state index in [0.29, 0.717) is 24.4 Å². The highest BCUT2D eigenvalue weighted by Gasteiger charge is 2.43. The molecule has 1 saturated carbocycles. The Hall–Kier alpha value is -2.95. The van der Waals surface area contributed by atoms with Crippen molar-refractivity contribution in [3.05, 3.63) is 95.1 Å². The second kappa shape index (κ2) is 12.3. The maximum atomic E-state index is 14.5. The van der Waals surface area contributed by atoms with Gasteiger partial charge in [0, 0.05) is 38.8 Å². The number of benzene rings is 3. The van der Waals surface area contributed by atoms with Gasteiger partial charge in [-0.15, -0.1) is 0 Å². The summed E-state index contributed by atoms with van der Waals surface area (Å²) in [4.78, 5) is 16.7. The van der Waals surface area contributed by atoms with Gasteiger partial charge < -0.3 is 15.0 Å².